The topological polar surface area (TPSA) is 63.9 Å². The van der Waals surface area contributed by atoms with Gasteiger partial charge in [-0.25, -0.2) is 0 Å². The number of aliphatic hydroxyl groups excluding tert-OH is 3. The van der Waals surface area contributed by atoms with E-state index < -0.39 is 12.2 Å². The molecule has 1 aliphatic heterocycles. The molecule has 3 N–H and O–H groups in total. The molecule has 6 rings (SSSR count). The third-order valence-electron chi connectivity index (χ3n) is 10.6. The molecule has 6 aliphatic rings. The van der Waals surface area contributed by atoms with Crippen LogP contribution >= 0.6 is 0 Å². The van der Waals surface area contributed by atoms with E-state index in [1.165, 1.54) is 0 Å². The molecular weight excluding hydrogens is 326 g/mol. The molecule has 5 aliphatic carbocycles. The van der Waals surface area contributed by atoms with Crippen LogP contribution in [0.4, 0.5) is 0 Å². The molecule has 26 heavy (non-hydrogen) atoms. The van der Waals surface area contributed by atoms with E-state index in [4.69, 9.17) is 0 Å². The molecule has 0 aromatic carbocycles. The van der Waals surface area contributed by atoms with Crippen LogP contribution in [0.2, 0.25) is 0 Å². The minimum absolute atomic E-state index is 0.0547. The SMILES string of the molecule is C=C1[C@H]2C[C@@]3([C@@H]1O)[C@H]1C[C@H]4[C@@]5(C)CC[C@H](O)[C@@]4([C@H]1N(CC)C5)[C@H]3C[C@H]2O. The summed E-state index contributed by atoms with van der Waals surface area (Å²) in [6.07, 6.45) is 3.58. The molecule has 0 amide bonds. The van der Waals surface area contributed by atoms with Crippen molar-refractivity contribution in [2.45, 2.75) is 70.3 Å². The second-order valence-electron chi connectivity index (χ2n) is 10.9. The Labute approximate surface area is 156 Å². The molecule has 2 spiro atoms. The lowest BCUT2D eigenvalue weighted by Crippen LogP contribution is -2.68. The Bertz CT molecular complexity index is 695. The van der Waals surface area contributed by atoms with E-state index in [0.29, 0.717) is 17.9 Å². The Morgan fingerprint density at radius 1 is 1.19 bits per heavy atom. The van der Waals surface area contributed by atoms with Crippen LogP contribution in [0.3, 0.4) is 0 Å². The van der Waals surface area contributed by atoms with E-state index >= 15 is 0 Å². The maximum Gasteiger partial charge on any atom is 0.0813 e. The minimum Gasteiger partial charge on any atom is -0.392 e. The summed E-state index contributed by atoms with van der Waals surface area (Å²) in [7, 11) is 0. The molecule has 4 heteroatoms. The normalized spacial score (nSPS) is 65.5. The predicted molar refractivity (Wildman–Crippen MR) is 98.2 cm³/mol. The Hall–Kier alpha value is -0.420. The Morgan fingerprint density at radius 2 is 1.96 bits per heavy atom. The molecule has 5 saturated carbocycles. The van der Waals surface area contributed by atoms with Gasteiger partial charge in [0.15, 0.2) is 0 Å². The number of hydrogen-bond acceptors (Lipinski definition) is 4. The summed E-state index contributed by atoms with van der Waals surface area (Å²) in [6, 6.07) is 0.373. The standard InChI is InChI=1S/C22H33NO3/c1-4-23-10-20(3)6-5-17(25)22-15(20)7-13(18(22)23)21-9-12(11(2)19(21)26)14(24)8-16(21)22/h12-19,24-26H,2,4-10H2,1,3H3/t12-,13+,14-,15+,16+,17+,18+,19-,20+,21-,22+/m1/s1. The quantitative estimate of drug-likeness (QED) is 0.625. The zero-order valence-corrected chi connectivity index (χ0v) is 16.1. The summed E-state index contributed by atoms with van der Waals surface area (Å²) in [5.74, 6) is 1.26. The summed E-state index contributed by atoms with van der Waals surface area (Å²) in [5.41, 5.74) is 0.849. The lowest BCUT2D eigenvalue weighted by molar-refractivity contribution is -0.218. The highest BCUT2D eigenvalue weighted by molar-refractivity contribution is 5.39. The van der Waals surface area contributed by atoms with Crippen molar-refractivity contribution in [3.05, 3.63) is 12.2 Å². The first-order valence-corrected chi connectivity index (χ1v) is 10.8. The highest BCUT2D eigenvalue weighted by atomic mass is 16.3. The minimum atomic E-state index is -0.500. The summed E-state index contributed by atoms with van der Waals surface area (Å²) < 4.78 is 0. The van der Waals surface area contributed by atoms with E-state index in [0.717, 1.165) is 50.8 Å². The van der Waals surface area contributed by atoms with Gasteiger partial charge in [0, 0.05) is 29.3 Å². The van der Waals surface area contributed by atoms with Gasteiger partial charge in [0.05, 0.1) is 18.3 Å². The monoisotopic (exact) mass is 359 g/mol. The Balaban J connectivity index is 1.61. The fourth-order valence-electron chi connectivity index (χ4n) is 9.97. The number of fused-ring (bicyclic) bond motifs is 1. The van der Waals surface area contributed by atoms with Gasteiger partial charge in [-0.2, -0.15) is 0 Å². The van der Waals surface area contributed by atoms with Crippen LogP contribution in [-0.4, -0.2) is 57.7 Å². The molecular formula is C22H33NO3. The van der Waals surface area contributed by atoms with Crippen LogP contribution in [0, 0.1) is 39.9 Å². The maximum atomic E-state index is 11.5. The molecule has 1 heterocycles. The van der Waals surface area contributed by atoms with E-state index in [1.54, 1.807) is 0 Å². The summed E-state index contributed by atoms with van der Waals surface area (Å²) in [6.45, 7) is 11.1. The second kappa shape index (κ2) is 4.59. The first-order chi connectivity index (χ1) is 12.3. The molecule has 0 radical (unpaired) electrons. The number of rotatable bonds is 1. The van der Waals surface area contributed by atoms with E-state index in [1.807, 2.05) is 0 Å². The van der Waals surface area contributed by atoms with Crippen LogP contribution < -0.4 is 0 Å². The maximum absolute atomic E-state index is 11.5. The highest BCUT2D eigenvalue weighted by Crippen LogP contribution is 2.83. The number of aliphatic hydroxyl groups is 3. The predicted octanol–water partition coefficient (Wildman–Crippen LogP) is 1.79. The fourth-order valence-corrected chi connectivity index (χ4v) is 9.97. The molecule has 144 valence electrons. The van der Waals surface area contributed by atoms with Crippen molar-refractivity contribution in [1.29, 1.82) is 0 Å². The molecule has 6 fully saturated rings. The van der Waals surface area contributed by atoms with Gasteiger partial charge in [-0.3, -0.25) is 4.90 Å². The van der Waals surface area contributed by atoms with Crippen LogP contribution in [-0.2, 0) is 0 Å². The van der Waals surface area contributed by atoms with Crippen LogP contribution in [0.5, 0.6) is 0 Å². The molecule has 4 nitrogen and oxygen atoms in total. The molecule has 7 bridgehead atoms. The lowest BCUT2D eigenvalue weighted by Gasteiger charge is -2.65. The molecule has 0 aromatic heterocycles. The average molecular weight is 360 g/mol. The van der Waals surface area contributed by atoms with Gasteiger partial charge >= 0.3 is 0 Å². The smallest absolute Gasteiger partial charge is 0.0813 e. The summed E-state index contributed by atoms with van der Waals surface area (Å²) in [4.78, 5) is 2.65. The number of hydrogen-bond donors (Lipinski definition) is 3. The summed E-state index contributed by atoms with van der Waals surface area (Å²) >= 11 is 0. The van der Waals surface area contributed by atoms with E-state index in [-0.39, 0.29) is 34.2 Å². The van der Waals surface area contributed by atoms with E-state index in [2.05, 4.69) is 25.3 Å². The van der Waals surface area contributed by atoms with Crippen molar-refractivity contribution < 1.29 is 15.3 Å². The molecule has 0 unspecified atom stereocenters. The van der Waals surface area contributed by atoms with Gasteiger partial charge in [0.25, 0.3) is 0 Å². The lowest BCUT2D eigenvalue weighted by atomic mass is 9.43. The number of likely N-dealkylation sites (tertiary alicyclic amines) is 1. The van der Waals surface area contributed by atoms with Gasteiger partial charge in [-0.1, -0.05) is 20.4 Å². The first kappa shape index (κ1) is 16.5. The van der Waals surface area contributed by atoms with Crippen molar-refractivity contribution in [3.63, 3.8) is 0 Å². The third-order valence-corrected chi connectivity index (χ3v) is 10.6. The van der Waals surface area contributed by atoms with Gasteiger partial charge in [-0.05, 0) is 67.4 Å². The zero-order valence-electron chi connectivity index (χ0n) is 16.1. The number of piperidine rings is 1. The summed E-state index contributed by atoms with van der Waals surface area (Å²) in [5, 5.41) is 33.8. The first-order valence-electron chi connectivity index (χ1n) is 10.8. The van der Waals surface area contributed by atoms with Crippen molar-refractivity contribution in [2.75, 3.05) is 13.1 Å². The average Bonchev–Trinajstić information content (AvgIpc) is 3.14. The highest BCUT2D eigenvalue weighted by Gasteiger charge is 2.85. The Kier molecular flexibility index (Phi) is 2.92. The molecule has 0 aromatic rings. The molecule has 11 atom stereocenters. The van der Waals surface area contributed by atoms with Crippen molar-refractivity contribution >= 4 is 0 Å². The fraction of sp³-hybridized carbons (Fsp3) is 0.909. The van der Waals surface area contributed by atoms with Crippen molar-refractivity contribution in [1.82, 2.24) is 4.90 Å². The van der Waals surface area contributed by atoms with Crippen LogP contribution in [0.1, 0.15) is 46.0 Å². The van der Waals surface area contributed by atoms with Crippen molar-refractivity contribution in [3.8, 4) is 0 Å². The van der Waals surface area contributed by atoms with Gasteiger partial charge in [0.1, 0.15) is 0 Å². The molecule has 1 saturated heterocycles. The van der Waals surface area contributed by atoms with E-state index in [9.17, 15) is 15.3 Å². The van der Waals surface area contributed by atoms with Gasteiger partial charge < -0.3 is 15.3 Å². The third kappa shape index (κ3) is 1.37. The van der Waals surface area contributed by atoms with Crippen LogP contribution in [0.15, 0.2) is 12.2 Å². The van der Waals surface area contributed by atoms with Gasteiger partial charge in [-0.15, -0.1) is 0 Å². The van der Waals surface area contributed by atoms with Crippen LogP contribution in [0.25, 0.3) is 0 Å². The van der Waals surface area contributed by atoms with Crippen molar-refractivity contribution in [2.24, 2.45) is 39.9 Å². The number of nitrogens with zero attached hydrogens (tertiary/aromatic N) is 1. The zero-order chi connectivity index (χ0) is 18.2. The second-order valence-corrected chi connectivity index (χ2v) is 10.9. The van der Waals surface area contributed by atoms with Gasteiger partial charge in [0.2, 0.25) is 0 Å². The largest absolute Gasteiger partial charge is 0.392 e. The Morgan fingerprint density at radius 3 is 2.69 bits per heavy atom.